The molecule has 0 spiro atoms. The second-order valence-corrected chi connectivity index (χ2v) is 4.56. The highest BCUT2D eigenvalue weighted by molar-refractivity contribution is 5.35. The van der Waals surface area contributed by atoms with E-state index in [-0.39, 0.29) is 5.56 Å². The molecule has 2 rings (SSSR count). The molecule has 0 bridgehead atoms. The lowest BCUT2D eigenvalue weighted by molar-refractivity contribution is 0.410. The van der Waals surface area contributed by atoms with Crippen LogP contribution >= 0.6 is 0 Å². The van der Waals surface area contributed by atoms with Gasteiger partial charge in [-0.1, -0.05) is 18.2 Å². The van der Waals surface area contributed by atoms with Gasteiger partial charge in [0.15, 0.2) is 0 Å². The summed E-state index contributed by atoms with van der Waals surface area (Å²) in [7, 11) is 1.63. The molecule has 1 aromatic carbocycles. The van der Waals surface area contributed by atoms with Gasteiger partial charge >= 0.3 is 0 Å². The van der Waals surface area contributed by atoms with Crippen LogP contribution in [0.15, 0.2) is 35.1 Å². The number of nitrogens with zero attached hydrogens (tertiary/aromatic N) is 1. The van der Waals surface area contributed by atoms with Gasteiger partial charge in [0.1, 0.15) is 11.6 Å². The Bertz CT molecular complexity index is 623. The van der Waals surface area contributed by atoms with Crippen molar-refractivity contribution in [1.29, 1.82) is 0 Å². The van der Waals surface area contributed by atoms with E-state index < -0.39 is 0 Å². The molecule has 0 fully saturated rings. The topological polar surface area (TPSA) is 81.0 Å². The van der Waals surface area contributed by atoms with Crippen molar-refractivity contribution in [2.24, 2.45) is 5.73 Å². The van der Waals surface area contributed by atoms with Gasteiger partial charge in [0.2, 0.25) is 0 Å². The van der Waals surface area contributed by atoms with Crippen LogP contribution in [-0.4, -0.2) is 23.6 Å². The molecule has 0 atom stereocenters. The Morgan fingerprint density at radius 1 is 1.35 bits per heavy atom. The Hall–Kier alpha value is -2.14. The summed E-state index contributed by atoms with van der Waals surface area (Å²) >= 11 is 0. The Balaban J connectivity index is 2.24. The van der Waals surface area contributed by atoms with E-state index in [4.69, 9.17) is 10.5 Å². The summed E-state index contributed by atoms with van der Waals surface area (Å²) < 4.78 is 5.31. The molecule has 1 heterocycles. The first-order valence-corrected chi connectivity index (χ1v) is 6.64. The molecule has 0 unspecified atom stereocenters. The zero-order chi connectivity index (χ0) is 14.4. The van der Waals surface area contributed by atoms with Gasteiger partial charge in [0.05, 0.1) is 7.11 Å². The molecule has 0 aliphatic heterocycles. The lowest BCUT2D eigenvalue weighted by Gasteiger charge is -2.08. The fourth-order valence-corrected chi connectivity index (χ4v) is 2.09. The number of aromatic amines is 1. The summed E-state index contributed by atoms with van der Waals surface area (Å²) in [6.07, 6.45) is 2.08. The molecule has 20 heavy (non-hydrogen) atoms. The standard InChI is InChI=1S/C15H19N3O2/c1-20-13-7-3-2-5-11(13)9-14-17-12(6-4-8-16)10-15(19)18-14/h2-3,5,7,10H,4,6,8-9,16H2,1H3,(H,17,18,19). The van der Waals surface area contributed by atoms with Crippen LogP contribution in [0.5, 0.6) is 5.75 Å². The molecule has 2 aromatic rings. The number of hydrogen-bond acceptors (Lipinski definition) is 4. The van der Waals surface area contributed by atoms with Crippen molar-refractivity contribution in [2.75, 3.05) is 13.7 Å². The number of nitrogens with two attached hydrogens (primary N) is 1. The molecule has 106 valence electrons. The Kier molecular flexibility index (Phi) is 4.90. The molecule has 0 aliphatic rings. The summed E-state index contributed by atoms with van der Waals surface area (Å²) in [4.78, 5) is 18.9. The van der Waals surface area contributed by atoms with Crippen molar-refractivity contribution >= 4 is 0 Å². The molecular formula is C15H19N3O2. The molecule has 5 heteroatoms. The maximum Gasteiger partial charge on any atom is 0.251 e. The Morgan fingerprint density at radius 3 is 2.90 bits per heavy atom. The molecule has 0 saturated carbocycles. The summed E-state index contributed by atoms with van der Waals surface area (Å²) in [5.74, 6) is 1.44. The predicted molar refractivity (Wildman–Crippen MR) is 78.0 cm³/mol. The van der Waals surface area contributed by atoms with Gasteiger partial charge < -0.3 is 15.5 Å². The van der Waals surface area contributed by atoms with Crippen LogP contribution in [0.25, 0.3) is 0 Å². The van der Waals surface area contributed by atoms with E-state index in [2.05, 4.69) is 9.97 Å². The van der Waals surface area contributed by atoms with Crippen LogP contribution < -0.4 is 16.0 Å². The molecule has 1 aromatic heterocycles. The molecule has 0 aliphatic carbocycles. The normalized spacial score (nSPS) is 10.5. The third-order valence-corrected chi connectivity index (χ3v) is 3.03. The average Bonchev–Trinajstić information content (AvgIpc) is 2.45. The lowest BCUT2D eigenvalue weighted by atomic mass is 10.1. The summed E-state index contributed by atoms with van der Waals surface area (Å²) in [5, 5.41) is 0. The van der Waals surface area contributed by atoms with Crippen molar-refractivity contribution in [3.05, 3.63) is 57.8 Å². The first-order valence-electron chi connectivity index (χ1n) is 6.64. The quantitative estimate of drug-likeness (QED) is 0.830. The van der Waals surface area contributed by atoms with E-state index in [1.54, 1.807) is 7.11 Å². The minimum atomic E-state index is -0.128. The largest absolute Gasteiger partial charge is 0.496 e. The Labute approximate surface area is 117 Å². The fourth-order valence-electron chi connectivity index (χ4n) is 2.09. The molecular weight excluding hydrogens is 254 g/mol. The van der Waals surface area contributed by atoms with Crippen molar-refractivity contribution < 1.29 is 4.74 Å². The first kappa shape index (κ1) is 14.3. The van der Waals surface area contributed by atoms with Gasteiger partial charge in [0, 0.05) is 23.7 Å². The zero-order valence-corrected chi connectivity index (χ0v) is 11.6. The first-order chi connectivity index (χ1) is 9.72. The number of aromatic nitrogens is 2. The number of para-hydroxylation sites is 1. The minimum absolute atomic E-state index is 0.128. The molecule has 0 amide bonds. The number of H-pyrrole nitrogens is 1. The SMILES string of the molecule is COc1ccccc1Cc1nc(CCCN)cc(=O)[nH]1. The van der Waals surface area contributed by atoms with Crippen molar-refractivity contribution in [1.82, 2.24) is 9.97 Å². The third-order valence-electron chi connectivity index (χ3n) is 3.03. The van der Waals surface area contributed by atoms with Gasteiger partial charge in [-0.25, -0.2) is 4.98 Å². The van der Waals surface area contributed by atoms with Crippen LogP contribution in [0.4, 0.5) is 0 Å². The summed E-state index contributed by atoms with van der Waals surface area (Å²) in [6.45, 7) is 0.594. The number of benzene rings is 1. The number of aryl methyl sites for hydroxylation is 1. The lowest BCUT2D eigenvalue weighted by Crippen LogP contribution is -2.14. The summed E-state index contributed by atoms with van der Waals surface area (Å²) in [6, 6.07) is 9.24. The number of hydrogen-bond donors (Lipinski definition) is 2. The predicted octanol–water partition coefficient (Wildman–Crippen LogP) is 1.26. The van der Waals surface area contributed by atoms with Crippen LogP contribution in [0.1, 0.15) is 23.5 Å². The Morgan fingerprint density at radius 2 is 2.15 bits per heavy atom. The highest BCUT2D eigenvalue weighted by Crippen LogP contribution is 2.19. The van der Waals surface area contributed by atoms with Gasteiger partial charge in [-0.2, -0.15) is 0 Å². The van der Waals surface area contributed by atoms with Gasteiger partial charge in [0.25, 0.3) is 5.56 Å². The van der Waals surface area contributed by atoms with Crippen LogP contribution in [0.2, 0.25) is 0 Å². The highest BCUT2D eigenvalue weighted by atomic mass is 16.5. The van der Waals surface area contributed by atoms with Gasteiger partial charge in [-0.3, -0.25) is 4.79 Å². The van der Waals surface area contributed by atoms with E-state index in [1.165, 1.54) is 6.07 Å². The van der Waals surface area contributed by atoms with E-state index in [9.17, 15) is 4.79 Å². The molecule has 0 saturated heterocycles. The van der Waals surface area contributed by atoms with E-state index in [0.29, 0.717) is 18.8 Å². The number of rotatable bonds is 6. The molecule has 5 nitrogen and oxygen atoms in total. The minimum Gasteiger partial charge on any atom is -0.496 e. The van der Waals surface area contributed by atoms with Crippen LogP contribution in [-0.2, 0) is 12.8 Å². The average molecular weight is 273 g/mol. The number of ether oxygens (including phenoxy) is 1. The molecule has 3 N–H and O–H groups in total. The maximum absolute atomic E-state index is 11.7. The monoisotopic (exact) mass is 273 g/mol. The van der Waals surface area contributed by atoms with Crippen LogP contribution in [0, 0.1) is 0 Å². The zero-order valence-electron chi connectivity index (χ0n) is 11.6. The van der Waals surface area contributed by atoms with Crippen molar-refractivity contribution in [3.8, 4) is 5.75 Å². The third kappa shape index (κ3) is 3.68. The molecule has 0 radical (unpaired) electrons. The highest BCUT2D eigenvalue weighted by Gasteiger charge is 2.06. The second kappa shape index (κ2) is 6.86. The van der Waals surface area contributed by atoms with Crippen molar-refractivity contribution in [3.63, 3.8) is 0 Å². The second-order valence-electron chi connectivity index (χ2n) is 4.56. The fraction of sp³-hybridized carbons (Fsp3) is 0.333. The number of methoxy groups -OCH3 is 1. The maximum atomic E-state index is 11.7. The van der Waals surface area contributed by atoms with Gasteiger partial charge in [-0.05, 0) is 25.5 Å². The van der Waals surface area contributed by atoms with E-state index >= 15 is 0 Å². The summed E-state index contributed by atoms with van der Waals surface area (Å²) in [5.41, 5.74) is 7.13. The van der Waals surface area contributed by atoms with E-state index in [1.807, 2.05) is 24.3 Å². The number of nitrogens with one attached hydrogen (secondary N) is 1. The van der Waals surface area contributed by atoms with Crippen molar-refractivity contribution in [2.45, 2.75) is 19.3 Å². The van der Waals surface area contributed by atoms with Crippen LogP contribution in [0.3, 0.4) is 0 Å². The van der Waals surface area contributed by atoms with Gasteiger partial charge in [-0.15, -0.1) is 0 Å². The smallest absolute Gasteiger partial charge is 0.251 e. The van der Waals surface area contributed by atoms with E-state index in [0.717, 1.165) is 29.8 Å².